The summed E-state index contributed by atoms with van der Waals surface area (Å²) in [5, 5.41) is 5.85. The third-order valence-corrected chi connectivity index (χ3v) is 3.39. The van der Waals surface area contributed by atoms with Gasteiger partial charge < -0.3 is 4.84 Å². The topological polar surface area (TPSA) is 47.4 Å². The summed E-state index contributed by atoms with van der Waals surface area (Å²) in [5.74, 6) is 1.54. The van der Waals surface area contributed by atoms with Crippen LogP contribution in [0.4, 0.5) is 0 Å². The third kappa shape index (κ3) is 3.20. The molecule has 18 heavy (non-hydrogen) atoms. The maximum atomic E-state index is 5.39. The van der Waals surface area contributed by atoms with Gasteiger partial charge in [0.15, 0.2) is 0 Å². The van der Waals surface area contributed by atoms with E-state index in [1.807, 2.05) is 31.2 Å². The van der Waals surface area contributed by atoms with E-state index in [4.69, 9.17) is 4.84 Å². The number of nitrogens with zero attached hydrogens (tertiary/aromatic N) is 3. The molecule has 5 heteroatoms. The van der Waals surface area contributed by atoms with E-state index in [9.17, 15) is 0 Å². The van der Waals surface area contributed by atoms with Crippen molar-refractivity contribution < 1.29 is 4.84 Å². The van der Waals surface area contributed by atoms with E-state index in [0.29, 0.717) is 5.88 Å². The fraction of sp³-hybridized carbons (Fsp3) is 0.308. The molecule has 0 fully saturated rings. The smallest absolute Gasteiger partial charge is 0.259 e. The second-order valence-corrected chi connectivity index (χ2v) is 5.03. The van der Waals surface area contributed by atoms with Crippen LogP contribution in [0, 0.1) is 0 Å². The average Bonchev–Trinajstić information content (AvgIpc) is 2.42. The maximum absolute atomic E-state index is 5.39. The van der Waals surface area contributed by atoms with Crippen LogP contribution < -0.4 is 4.84 Å². The van der Waals surface area contributed by atoms with Crippen LogP contribution in [0.5, 0.6) is 5.88 Å². The summed E-state index contributed by atoms with van der Waals surface area (Å²) in [5.41, 5.74) is 0.858. The number of rotatable bonds is 4. The normalized spacial score (nSPS) is 11.8. The highest BCUT2D eigenvalue weighted by Gasteiger charge is 2.04. The van der Waals surface area contributed by atoms with E-state index in [-0.39, 0.29) is 0 Å². The van der Waals surface area contributed by atoms with E-state index < -0.39 is 0 Å². The summed E-state index contributed by atoms with van der Waals surface area (Å²) in [6.45, 7) is 4.07. The van der Waals surface area contributed by atoms with E-state index >= 15 is 0 Å². The molecule has 0 saturated heterocycles. The second kappa shape index (κ2) is 6.35. The molecular weight excluding hydrogens is 246 g/mol. The predicted octanol–water partition coefficient (Wildman–Crippen LogP) is 3.49. The Morgan fingerprint density at radius 2 is 2.17 bits per heavy atom. The molecule has 0 spiro atoms. The van der Waals surface area contributed by atoms with Gasteiger partial charge in [0.05, 0.1) is 10.9 Å². The van der Waals surface area contributed by atoms with Crippen LogP contribution in [0.2, 0.25) is 0 Å². The number of oxime groups is 1. The molecule has 0 saturated carbocycles. The van der Waals surface area contributed by atoms with Gasteiger partial charge in [0.1, 0.15) is 11.4 Å². The molecule has 0 bridgehead atoms. The van der Waals surface area contributed by atoms with Crippen LogP contribution in [0.25, 0.3) is 10.9 Å². The molecule has 0 amide bonds. The number of para-hydroxylation sites is 1. The number of thioether (sulfide) groups is 1. The molecule has 0 aliphatic carbocycles. The molecular formula is C13H15N3OS. The summed E-state index contributed by atoms with van der Waals surface area (Å²) >= 11 is 1.68. The Morgan fingerprint density at radius 3 is 3.00 bits per heavy atom. The SMILES string of the molecule is CCCS/C(C)=N/Oc1ncnc2ccccc12. The molecule has 94 valence electrons. The van der Waals surface area contributed by atoms with Crippen molar-refractivity contribution in [3.05, 3.63) is 30.6 Å². The summed E-state index contributed by atoms with van der Waals surface area (Å²) in [4.78, 5) is 13.7. The molecule has 0 unspecified atom stereocenters. The van der Waals surface area contributed by atoms with Crippen molar-refractivity contribution in [1.82, 2.24) is 9.97 Å². The first kappa shape index (κ1) is 12.8. The van der Waals surface area contributed by atoms with Crippen LogP contribution in [0.3, 0.4) is 0 Å². The van der Waals surface area contributed by atoms with Crippen LogP contribution >= 0.6 is 11.8 Å². The van der Waals surface area contributed by atoms with Crippen molar-refractivity contribution in [2.75, 3.05) is 5.75 Å². The fourth-order valence-corrected chi connectivity index (χ4v) is 2.03. The number of hydrogen-bond acceptors (Lipinski definition) is 5. The lowest BCUT2D eigenvalue weighted by Gasteiger charge is -2.03. The Balaban J connectivity index is 2.17. The molecule has 2 aromatic rings. The fourth-order valence-electron chi connectivity index (χ4n) is 1.44. The minimum absolute atomic E-state index is 0.497. The molecule has 0 aliphatic rings. The number of benzene rings is 1. The lowest BCUT2D eigenvalue weighted by molar-refractivity contribution is 0.333. The van der Waals surface area contributed by atoms with E-state index in [1.54, 1.807) is 11.8 Å². The van der Waals surface area contributed by atoms with Gasteiger partial charge in [-0.15, -0.1) is 11.8 Å². The molecule has 0 aliphatic heterocycles. The largest absolute Gasteiger partial charge is 0.335 e. The summed E-state index contributed by atoms with van der Waals surface area (Å²) in [6.07, 6.45) is 2.61. The van der Waals surface area contributed by atoms with Crippen molar-refractivity contribution in [1.29, 1.82) is 0 Å². The molecule has 4 nitrogen and oxygen atoms in total. The Morgan fingerprint density at radius 1 is 1.33 bits per heavy atom. The summed E-state index contributed by atoms with van der Waals surface area (Å²) < 4.78 is 0. The van der Waals surface area contributed by atoms with Gasteiger partial charge in [-0.05, 0) is 31.2 Å². The molecule has 0 atom stereocenters. The van der Waals surface area contributed by atoms with Crippen molar-refractivity contribution in [3.8, 4) is 5.88 Å². The summed E-state index contributed by atoms with van der Waals surface area (Å²) in [7, 11) is 0. The highest BCUT2D eigenvalue weighted by Crippen LogP contribution is 2.21. The zero-order valence-corrected chi connectivity index (χ0v) is 11.3. The first-order valence-corrected chi connectivity index (χ1v) is 6.84. The summed E-state index contributed by atoms with van der Waals surface area (Å²) in [6, 6.07) is 7.71. The Bertz CT molecular complexity index is 551. The van der Waals surface area contributed by atoms with Gasteiger partial charge in [0.2, 0.25) is 0 Å². The number of aromatic nitrogens is 2. The van der Waals surface area contributed by atoms with E-state index in [1.165, 1.54) is 6.33 Å². The van der Waals surface area contributed by atoms with Crippen LogP contribution in [0.1, 0.15) is 20.3 Å². The van der Waals surface area contributed by atoms with Crippen molar-refractivity contribution in [2.24, 2.45) is 5.16 Å². The lowest BCUT2D eigenvalue weighted by Crippen LogP contribution is -1.95. The van der Waals surface area contributed by atoms with Crippen molar-refractivity contribution in [2.45, 2.75) is 20.3 Å². The van der Waals surface area contributed by atoms with Gasteiger partial charge in [0.25, 0.3) is 5.88 Å². The van der Waals surface area contributed by atoms with Gasteiger partial charge >= 0.3 is 0 Å². The number of fused-ring (bicyclic) bond motifs is 1. The van der Waals surface area contributed by atoms with Crippen LogP contribution in [0.15, 0.2) is 35.7 Å². The standard InChI is InChI=1S/C13H15N3OS/c1-3-8-18-10(2)16-17-13-11-6-4-5-7-12(11)14-9-15-13/h4-7,9H,3,8H2,1-2H3/b16-10+. The van der Waals surface area contributed by atoms with E-state index in [0.717, 1.165) is 28.1 Å². The zero-order valence-electron chi connectivity index (χ0n) is 10.5. The molecule has 0 radical (unpaired) electrons. The van der Waals surface area contributed by atoms with Gasteiger partial charge in [-0.2, -0.15) is 4.98 Å². The predicted molar refractivity (Wildman–Crippen MR) is 76.0 cm³/mol. The Hall–Kier alpha value is -1.62. The Labute approximate surface area is 110 Å². The third-order valence-electron chi connectivity index (χ3n) is 2.28. The molecule has 1 aromatic carbocycles. The van der Waals surface area contributed by atoms with Crippen molar-refractivity contribution in [3.63, 3.8) is 0 Å². The zero-order chi connectivity index (χ0) is 12.8. The minimum atomic E-state index is 0.497. The van der Waals surface area contributed by atoms with Gasteiger partial charge in [-0.25, -0.2) is 4.98 Å². The number of hydrogen-bond donors (Lipinski definition) is 0. The van der Waals surface area contributed by atoms with Gasteiger partial charge in [0, 0.05) is 0 Å². The highest BCUT2D eigenvalue weighted by molar-refractivity contribution is 8.13. The van der Waals surface area contributed by atoms with E-state index in [2.05, 4.69) is 22.0 Å². The first-order chi connectivity index (χ1) is 8.81. The first-order valence-electron chi connectivity index (χ1n) is 5.85. The monoisotopic (exact) mass is 261 g/mol. The van der Waals surface area contributed by atoms with Crippen molar-refractivity contribution >= 4 is 27.7 Å². The van der Waals surface area contributed by atoms with Gasteiger partial charge in [-0.1, -0.05) is 24.2 Å². The van der Waals surface area contributed by atoms with Crippen LogP contribution in [-0.2, 0) is 0 Å². The molecule has 1 aromatic heterocycles. The van der Waals surface area contributed by atoms with Gasteiger partial charge in [-0.3, -0.25) is 0 Å². The Kier molecular flexibility index (Phi) is 4.52. The lowest BCUT2D eigenvalue weighted by atomic mass is 10.2. The van der Waals surface area contributed by atoms with Crippen LogP contribution in [-0.4, -0.2) is 20.8 Å². The minimum Gasteiger partial charge on any atom is -0.335 e. The maximum Gasteiger partial charge on any atom is 0.259 e. The molecule has 2 rings (SSSR count). The average molecular weight is 261 g/mol. The molecule has 0 N–H and O–H groups in total. The second-order valence-electron chi connectivity index (χ2n) is 3.75. The quantitative estimate of drug-likeness (QED) is 0.480. The highest BCUT2D eigenvalue weighted by atomic mass is 32.2. The molecule has 1 heterocycles.